The van der Waals surface area contributed by atoms with Gasteiger partial charge in [-0.2, -0.15) is 0 Å². The SMILES string of the molecule is CS(=O)(=O)c1cc(F)c(C[C@H]2CCN(C3CCNCC3)C2=O)cc1F. The van der Waals surface area contributed by atoms with E-state index in [2.05, 4.69) is 5.32 Å². The van der Waals surface area contributed by atoms with Gasteiger partial charge in [0, 0.05) is 24.8 Å². The lowest BCUT2D eigenvalue weighted by Crippen LogP contribution is -2.44. The summed E-state index contributed by atoms with van der Waals surface area (Å²) >= 11 is 0. The molecule has 0 aliphatic carbocycles. The Morgan fingerprint density at radius 1 is 1.16 bits per heavy atom. The third-order valence-electron chi connectivity index (χ3n) is 5.07. The van der Waals surface area contributed by atoms with Crippen molar-refractivity contribution in [3.05, 3.63) is 29.3 Å². The molecule has 138 valence electrons. The summed E-state index contributed by atoms with van der Waals surface area (Å²) in [5.74, 6) is -2.15. The Hall–Kier alpha value is -1.54. The molecule has 0 radical (unpaired) electrons. The van der Waals surface area contributed by atoms with Crippen LogP contribution in [0.5, 0.6) is 0 Å². The zero-order chi connectivity index (χ0) is 18.2. The van der Waals surface area contributed by atoms with Crippen molar-refractivity contribution >= 4 is 15.7 Å². The molecule has 3 rings (SSSR count). The Morgan fingerprint density at radius 3 is 2.48 bits per heavy atom. The molecule has 0 unspecified atom stereocenters. The summed E-state index contributed by atoms with van der Waals surface area (Å²) < 4.78 is 51.2. The molecule has 25 heavy (non-hydrogen) atoms. The van der Waals surface area contributed by atoms with E-state index in [4.69, 9.17) is 0 Å². The molecule has 2 fully saturated rings. The minimum atomic E-state index is -3.83. The molecule has 1 aromatic carbocycles. The molecule has 1 atom stereocenters. The number of carbonyl (C=O) groups is 1. The number of nitrogens with one attached hydrogen (secondary N) is 1. The van der Waals surface area contributed by atoms with Crippen LogP contribution in [0, 0.1) is 17.6 Å². The normalized spacial score (nSPS) is 22.6. The molecule has 2 heterocycles. The third-order valence-corrected chi connectivity index (χ3v) is 6.18. The average Bonchev–Trinajstić information content (AvgIpc) is 2.91. The van der Waals surface area contributed by atoms with E-state index in [0.29, 0.717) is 19.0 Å². The van der Waals surface area contributed by atoms with Crippen LogP contribution in [0.1, 0.15) is 24.8 Å². The Kier molecular flexibility index (Phi) is 5.11. The average molecular weight is 372 g/mol. The van der Waals surface area contributed by atoms with E-state index in [1.54, 1.807) is 0 Å². The number of hydrogen-bond acceptors (Lipinski definition) is 4. The van der Waals surface area contributed by atoms with Crippen molar-refractivity contribution in [3.63, 3.8) is 0 Å². The standard InChI is InChI=1S/C17H22F2N2O3S/c1-25(23,24)16-10-14(18)12(9-15(16)19)8-11-4-7-21(17(11)22)13-2-5-20-6-3-13/h9-11,13,20H,2-8H2,1H3/t11-/m1/s1. The lowest BCUT2D eigenvalue weighted by atomic mass is 9.97. The van der Waals surface area contributed by atoms with E-state index in [1.807, 2.05) is 4.90 Å². The lowest BCUT2D eigenvalue weighted by Gasteiger charge is -2.31. The fraction of sp³-hybridized carbons (Fsp3) is 0.588. The van der Waals surface area contributed by atoms with Crippen LogP contribution in [-0.2, 0) is 21.1 Å². The van der Waals surface area contributed by atoms with Crippen molar-refractivity contribution < 1.29 is 22.0 Å². The minimum absolute atomic E-state index is 0.0149. The molecule has 1 N–H and O–H groups in total. The number of sulfone groups is 1. The molecule has 0 bridgehead atoms. The van der Waals surface area contributed by atoms with Crippen LogP contribution in [0.4, 0.5) is 8.78 Å². The van der Waals surface area contributed by atoms with Gasteiger partial charge in [-0.05, 0) is 56.5 Å². The maximum Gasteiger partial charge on any atom is 0.226 e. The van der Waals surface area contributed by atoms with Crippen molar-refractivity contribution in [2.75, 3.05) is 25.9 Å². The first-order chi connectivity index (χ1) is 11.8. The quantitative estimate of drug-likeness (QED) is 0.870. The fourth-order valence-corrected chi connectivity index (χ4v) is 4.44. The number of hydrogen-bond donors (Lipinski definition) is 1. The van der Waals surface area contributed by atoms with Crippen molar-refractivity contribution in [3.8, 4) is 0 Å². The van der Waals surface area contributed by atoms with E-state index in [1.165, 1.54) is 0 Å². The number of rotatable bonds is 4. The van der Waals surface area contributed by atoms with Crippen LogP contribution in [-0.4, -0.2) is 51.2 Å². The highest BCUT2D eigenvalue weighted by atomic mass is 32.2. The summed E-state index contributed by atoms with van der Waals surface area (Å²) in [4.78, 5) is 13.8. The summed E-state index contributed by atoms with van der Waals surface area (Å²) in [5.41, 5.74) is 0.0513. The van der Waals surface area contributed by atoms with Crippen LogP contribution in [0.2, 0.25) is 0 Å². The van der Waals surface area contributed by atoms with E-state index < -0.39 is 26.4 Å². The van der Waals surface area contributed by atoms with Gasteiger partial charge in [0.2, 0.25) is 5.91 Å². The largest absolute Gasteiger partial charge is 0.339 e. The van der Waals surface area contributed by atoms with Crippen molar-refractivity contribution in [1.82, 2.24) is 10.2 Å². The topological polar surface area (TPSA) is 66.5 Å². The molecular formula is C17H22F2N2O3S. The van der Waals surface area contributed by atoms with E-state index in [0.717, 1.165) is 38.3 Å². The molecule has 0 aromatic heterocycles. The maximum absolute atomic E-state index is 14.2. The number of amides is 1. The summed E-state index contributed by atoms with van der Waals surface area (Å²) in [7, 11) is -3.83. The molecule has 8 heteroatoms. The zero-order valence-electron chi connectivity index (χ0n) is 14.1. The molecule has 2 aliphatic heterocycles. The lowest BCUT2D eigenvalue weighted by molar-refractivity contribution is -0.133. The van der Waals surface area contributed by atoms with Crippen molar-refractivity contribution in [2.45, 2.75) is 36.6 Å². The monoisotopic (exact) mass is 372 g/mol. The molecular weight excluding hydrogens is 350 g/mol. The van der Waals surface area contributed by atoms with Gasteiger partial charge in [0.25, 0.3) is 0 Å². The molecule has 0 saturated carbocycles. The van der Waals surface area contributed by atoms with Gasteiger partial charge < -0.3 is 10.2 Å². The molecule has 1 amide bonds. The second-order valence-corrected chi connectivity index (χ2v) is 8.83. The predicted octanol–water partition coefficient (Wildman–Crippen LogP) is 1.51. The Bertz CT molecular complexity index is 776. The number of halogens is 2. The van der Waals surface area contributed by atoms with Gasteiger partial charge in [0.05, 0.1) is 0 Å². The molecule has 2 aliphatic rings. The van der Waals surface area contributed by atoms with E-state index in [9.17, 15) is 22.0 Å². The van der Waals surface area contributed by atoms with E-state index in [-0.39, 0.29) is 29.9 Å². The van der Waals surface area contributed by atoms with Gasteiger partial charge in [0.15, 0.2) is 9.84 Å². The number of nitrogens with zero attached hydrogens (tertiary/aromatic N) is 1. The Balaban J connectivity index is 1.75. The van der Waals surface area contributed by atoms with Crippen LogP contribution in [0.15, 0.2) is 17.0 Å². The highest BCUT2D eigenvalue weighted by molar-refractivity contribution is 7.90. The van der Waals surface area contributed by atoms with Gasteiger partial charge in [-0.3, -0.25) is 4.79 Å². The first kappa shape index (κ1) is 18.3. The van der Waals surface area contributed by atoms with Gasteiger partial charge in [-0.15, -0.1) is 0 Å². The van der Waals surface area contributed by atoms with Gasteiger partial charge in [-0.25, -0.2) is 17.2 Å². The molecule has 5 nitrogen and oxygen atoms in total. The van der Waals surface area contributed by atoms with Crippen molar-refractivity contribution in [2.24, 2.45) is 5.92 Å². The van der Waals surface area contributed by atoms with Crippen LogP contribution < -0.4 is 5.32 Å². The number of piperidine rings is 1. The van der Waals surface area contributed by atoms with Gasteiger partial charge >= 0.3 is 0 Å². The molecule has 2 saturated heterocycles. The minimum Gasteiger partial charge on any atom is -0.339 e. The van der Waals surface area contributed by atoms with Crippen molar-refractivity contribution in [1.29, 1.82) is 0 Å². The number of benzene rings is 1. The van der Waals surface area contributed by atoms with Crippen LogP contribution in [0.25, 0.3) is 0 Å². The Labute approximate surface area is 146 Å². The first-order valence-electron chi connectivity index (χ1n) is 8.46. The van der Waals surface area contributed by atoms with Gasteiger partial charge in [-0.1, -0.05) is 0 Å². The molecule has 1 aromatic rings. The maximum atomic E-state index is 14.2. The first-order valence-corrected chi connectivity index (χ1v) is 10.4. The number of carbonyl (C=O) groups excluding carboxylic acids is 1. The summed E-state index contributed by atoms with van der Waals surface area (Å²) in [5, 5.41) is 3.26. The number of likely N-dealkylation sites (tertiary alicyclic amines) is 1. The highest BCUT2D eigenvalue weighted by Crippen LogP contribution is 2.29. The molecule has 0 spiro atoms. The highest BCUT2D eigenvalue weighted by Gasteiger charge is 2.36. The smallest absolute Gasteiger partial charge is 0.226 e. The summed E-state index contributed by atoms with van der Waals surface area (Å²) in [6.45, 7) is 2.40. The van der Waals surface area contributed by atoms with Gasteiger partial charge in [0.1, 0.15) is 16.5 Å². The van der Waals surface area contributed by atoms with Crippen LogP contribution >= 0.6 is 0 Å². The fourth-order valence-electron chi connectivity index (χ4n) is 3.71. The summed E-state index contributed by atoms with van der Waals surface area (Å²) in [6.07, 6.45) is 3.35. The second-order valence-electron chi connectivity index (χ2n) is 6.85. The third kappa shape index (κ3) is 3.84. The Morgan fingerprint density at radius 2 is 1.84 bits per heavy atom. The summed E-state index contributed by atoms with van der Waals surface area (Å²) in [6, 6.07) is 1.84. The second kappa shape index (κ2) is 6.99. The van der Waals surface area contributed by atoms with E-state index >= 15 is 0 Å². The predicted molar refractivity (Wildman–Crippen MR) is 88.9 cm³/mol. The zero-order valence-corrected chi connectivity index (χ0v) is 14.9. The van der Waals surface area contributed by atoms with Crippen LogP contribution in [0.3, 0.4) is 0 Å².